The fourth-order valence-corrected chi connectivity index (χ4v) is 1.93. The molecule has 0 N–H and O–H groups in total. The molecule has 1 rings (SSSR count). The molecule has 0 aliphatic rings. The molecule has 0 bridgehead atoms. The Morgan fingerprint density at radius 3 is 2.42 bits per heavy atom. The van der Waals surface area contributed by atoms with Gasteiger partial charge in [0, 0.05) is 12.8 Å². The van der Waals surface area contributed by atoms with Gasteiger partial charge in [-0.3, -0.25) is 4.99 Å². The molecule has 100 valence electrons. The first kappa shape index (κ1) is 15.2. The second-order valence-electron chi connectivity index (χ2n) is 4.73. The molecule has 1 aromatic rings. The molecule has 0 radical (unpaired) electrons. The summed E-state index contributed by atoms with van der Waals surface area (Å²) in [5.41, 5.74) is 6.98. The van der Waals surface area contributed by atoms with E-state index in [1.54, 1.807) is 7.05 Å². The quantitative estimate of drug-likeness (QED) is 0.534. The van der Waals surface area contributed by atoms with E-state index in [9.17, 15) is 0 Å². The van der Waals surface area contributed by atoms with Crippen LogP contribution in [0.15, 0.2) is 53.6 Å². The average Bonchev–Trinajstić information content (AvgIpc) is 2.39. The number of benzene rings is 1. The van der Waals surface area contributed by atoms with Crippen LogP contribution in [-0.4, -0.2) is 12.8 Å². The van der Waals surface area contributed by atoms with Crippen LogP contribution in [0.5, 0.6) is 0 Å². The van der Waals surface area contributed by atoms with Gasteiger partial charge in [0.25, 0.3) is 0 Å². The smallest absolute Gasteiger partial charge is 0.0380 e. The predicted molar refractivity (Wildman–Crippen MR) is 86.9 cm³/mol. The minimum Gasteiger partial charge on any atom is -0.293 e. The van der Waals surface area contributed by atoms with E-state index in [2.05, 4.69) is 62.7 Å². The van der Waals surface area contributed by atoms with Crippen LogP contribution in [0, 0.1) is 13.8 Å². The van der Waals surface area contributed by atoms with E-state index < -0.39 is 0 Å². The molecular formula is C18H23N. The third kappa shape index (κ3) is 4.06. The zero-order chi connectivity index (χ0) is 14.4. The van der Waals surface area contributed by atoms with E-state index in [0.717, 1.165) is 11.3 Å². The SMILES string of the molecule is C=C(/C=C\C(=C/C)c1ccc(C)cc1C)C(C)=NC. The van der Waals surface area contributed by atoms with Crippen LogP contribution < -0.4 is 0 Å². The Labute approximate surface area is 117 Å². The van der Waals surface area contributed by atoms with Gasteiger partial charge in [0.15, 0.2) is 0 Å². The maximum absolute atomic E-state index is 4.14. The van der Waals surface area contributed by atoms with Gasteiger partial charge in [-0.1, -0.05) is 48.6 Å². The van der Waals surface area contributed by atoms with E-state index in [1.807, 2.05) is 13.0 Å². The summed E-state index contributed by atoms with van der Waals surface area (Å²) in [7, 11) is 1.79. The first-order valence-corrected chi connectivity index (χ1v) is 6.54. The van der Waals surface area contributed by atoms with E-state index in [0.29, 0.717) is 0 Å². The van der Waals surface area contributed by atoms with E-state index >= 15 is 0 Å². The maximum Gasteiger partial charge on any atom is 0.0380 e. The predicted octanol–water partition coefficient (Wildman–Crippen LogP) is 4.91. The lowest BCUT2D eigenvalue weighted by Gasteiger charge is -2.08. The summed E-state index contributed by atoms with van der Waals surface area (Å²) >= 11 is 0. The monoisotopic (exact) mass is 253 g/mol. The fraction of sp³-hybridized carbons (Fsp3) is 0.278. The van der Waals surface area contributed by atoms with Crippen molar-refractivity contribution in [1.29, 1.82) is 0 Å². The van der Waals surface area contributed by atoms with Crippen LogP contribution in [0.1, 0.15) is 30.5 Å². The number of aliphatic imine (C=N–C) groups is 1. The highest BCUT2D eigenvalue weighted by Crippen LogP contribution is 2.21. The molecule has 0 spiro atoms. The summed E-state index contributed by atoms with van der Waals surface area (Å²) in [6.45, 7) is 12.3. The molecule has 1 nitrogen and oxygen atoms in total. The van der Waals surface area contributed by atoms with Crippen molar-refractivity contribution >= 4 is 11.3 Å². The van der Waals surface area contributed by atoms with Crippen LogP contribution in [0.2, 0.25) is 0 Å². The van der Waals surface area contributed by atoms with Crippen LogP contribution in [0.3, 0.4) is 0 Å². The molecule has 19 heavy (non-hydrogen) atoms. The third-order valence-corrected chi connectivity index (χ3v) is 3.27. The highest BCUT2D eigenvalue weighted by atomic mass is 14.7. The number of allylic oxidation sites excluding steroid dienone is 5. The topological polar surface area (TPSA) is 12.4 Å². The van der Waals surface area contributed by atoms with Crippen molar-refractivity contribution in [3.63, 3.8) is 0 Å². The molecule has 0 heterocycles. The summed E-state index contributed by atoms with van der Waals surface area (Å²) in [5.74, 6) is 0. The summed E-state index contributed by atoms with van der Waals surface area (Å²) < 4.78 is 0. The maximum atomic E-state index is 4.14. The Hall–Kier alpha value is -1.89. The third-order valence-electron chi connectivity index (χ3n) is 3.27. The van der Waals surface area contributed by atoms with Gasteiger partial charge < -0.3 is 0 Å². The second-order valence-corrected chi connectivity index (χ2v) is 4.73. The van der Waals surface area contributed by atoms with Gasteiger partial charge >= 0.3 is 0 Å². The van der Waals surface area contributed by atoms with Gasteiger partial charge in [0.1, 0.15) is 0 Å². The number of aryl methyl sites for hydroxylation is 2. The van der Waals surface area contributed by atoms with Gasteiger partial charge in [0.2, 0.25) is 0 Å². The molecule has 1 aromatic carbocycles. The van der Waals surface area contributed by atoms with Gasteiger partial charge in [-0.15, -0.1) is 0 Å². The van der Waals surface area contributed by atoms with Crippen molar-refractivity contribution in [1.82, 2.24) is 0 Å². The van der Waals surface area contributed by atoms with Crippen molar-refractivity contribution in [2.24, 2.45) is 4.99 Å². The second kappa shape index (κ2) is 6.89. The van der Waals surface area contributed by atoms with E-state index in [-0.39, 0.29) is 0 Å². The van der Waals surface area contributed by atoms with Gasteiger partial charge in [-0.25, -0.2) is 0 Å². The summed E-state index contributed by atoms with van der Waals surface area (Å²) in [5, 5.41) is 0. The Bertz CT molecular complexity index is 557. The molecule has 0 amide bonds. The molecular weight excluding hydrogens is 230 g/mol. The number of hydrogen-bond acceptors (Lipinski definition) is 1. The largest absolute Gasteiger partial charge is 0.293 e. The first-order chi connectivity index (χ1) is 8.99. The average molecular weight is 253 g/mol. The lowest BCUT2D eigenvalue weighted by atomic mass is 9.97. The highest BCUT2D eigenvalue weighted by molar-refractivity contribution is 6.00. The minimum atomic E-state index is 0.951. The molecule has 0 saturated carbocycles. The zero-order valence-electron chi connectivity index (χ0n) is 12.6. The van der Waals surface area contributed by atoms with Crippen LogP contribution in [0.25, 0.3) is 5.57 Å². The fourth-order valence-electron chi connectivity index (χ4n) is 1.93. The van der Waals surface area contributed by atoms with Gasteiger partial charge in [-0.05, 0) is 50.0 Å². The Balaban J connectivity index is 3.04. The standard InChI is InChI=1S/C18H23N/c1-7-17(10-9-14(3)16(5)19-6)18-11-8-13(2)12-15(18)4/h7-12H,3H2,1-2,4-6H3/b10-9-,17-7+,19-16?. The molecule has 0 aromatic heterocycles. The van der Waals surface area contributed by atoms with Crippen LogP contribution in [-0.2, 0) is 0 Å². The summed E-state index contributed by atoms with van der Waals surface area (Å²) in [4.78, 5) is 4.14. The van der Waals surface area contributed by atoms with Crippen molar-refractivity contribution in [3.05, 3.63) is 65.3 Å². The number of nitrogens with zero attached hydrogens (tertiary/aromatic N) is 1. The highest BCUT2D eigenvalue weighted by Gasteiger charge is 2.02. The molecule has 0 fully saturated rings. The normalized spacial score (nSPS) is 13.1. The molecule has 0 aliphatic carbocycles. The van der Waals surface area contributed by atoms with Gasteiger partial charge in [0.05, 0.1) is 0 Å². The molecule has 1 heteroatoms. The number of rotatable bonds is 4. The Morgan fingerprint density at radius 2 is 1.89 bits per heavy atom. The minimum absolute atomic E-state index is 0.951. The molecule has 0 unspecified atom stereocenters. The van der Waals surface area contributed by atoms with Crippen LogP contribution >= 0.6 is 0 Å². The first-order valence-electron chi connectivity index (χ1n) is 6.54. The van der Waals surface area contributed by atoms with Crippen molar-refractivity contribution in [2.45, 2.75) is 27.7 Å². The van der Waals surface area contributed by atoms with Crippen molar-refractivity contribution in [3.8, 4) is 0 Å². The lowest BCUT2D eigenvalue weighted by Crippen LogP contribution is -1.93. The van der Waals surface area contributed by atoms with E-state index in [1.165, 1.54) is 22.3 Å². The van der Waals surface area contributed by atoms with Gasteiger partial charge in [-0.2, -0.15) is 0 Å². The Morgan fingerprint density at radius 1 is 1.21 bits per heavy atom. The summed E-state index contributed by atoms with van der Waals surface area (Å²) in [6, 6.07) is 6.53. The van der Waals surface area contributed by atoms with Crippen LogP contribution in [0.4, 0.5) is 0 Å². The Kier molecular flexibility index (Phi) is 5.50. The molecule has 0 saturated heterocycles. The molecule has 0 aliphatic heterocycles. The molecule has 0 atom stereocenters. The lowest BCUT2D eigenvalue weighted by molar-refractivity contribution is 1.36. The summed E-state index contributed by atoms with van der Waals surface area (Å²) in [6.07, 6.45) is 6.26. The van der Waals surface area contributed by atoms with Crippen molar-refractivity contribution in [2.75, 3.05) is 7.05 Å². The van der Waals surface area contributed by atoms with Crippen molar-refractivity contribution < 1.29 is 0 Å². The zero-order valence-corrected chi connectivity index (χ0v) is 12.6. The van der Waals surface area contributed by atoms with E-state index in [4.69, 9.17) is 0 Å². The number of hydrogen-bond donors (Lipinski definition) is 0.